The third kappa shape index (κ3) is 4.42. The molecule has 108 valence electrons. The summed E-state index contributed by atoms with van der Waals surface area (Å²) in [7, 11) is 0. The van der Waals surface area contributed by atoms with Crippen molar-refractivity contribution in [2.75, 3.05) is 0 Å². The number of Topliss-reactive ketones (excluding diaryl/α,β-unsaturated/α-hetero) is 1. The number of aromatic nitrogens is 2. The van der Waals surface area contributed by atoms with Gasteiger partial charge in [-0.05, 0) is 35.7 Å². The van der Waals surface area contributed by atoms with Gasteiger partial charge in [0.05, 0.1) is 15.9 Å². The van der Waals surface area contributed by atoms with Crippen LogP contribution in [0.1, 0.15) is 51.4 Å². The van der Waals surface area contributed by atoms with Crippen LogP contribution in [0.3, 0.4) is 0 Å². The lowest BCUT2D eigenvalue weighted by Crippen LogP contribution is -2.24. The van der Waals surface area contributed by atoms with Crippen LogP contribution >= 0.6 is 15.9 Å². The third-order valence-electron chi connectivity index (χ3n) is 3.21. The van der Waals surface area contributed by atoms with Crippen molar-refractivity contribution in [3.63, 3.8) is 0 Å². The number of hydrogen-bond donors (Lipinski definition) is 1. The predicted octanol–water partition coefficient (Wildman–Crippen LogP) is 2.86. The molecule has 1 heterocycles. The fourth-order valence-electron chi connectivity index (χ4n) is 2.21. The highest BCUT2D eigenvalue weighted by atomic mass is 79.9. The fourth-order valence-corrected chi connectivity index (χ4v) is 2.91. The van der Waals surface area contributed by atoms with Crippen molar-refractivity contribution in [1.82, 2.24) is 9.78 Å². The minimum Gasteiger partial charge on any atom is -0.327 e. The Morgan fingerprint density at radius 1 is 1.42 bits per heavy atom. The van der Waals surface area contributed by atoms with Gasteiger partial charge in [-0.25, -0.2) is 0 Å². The largest absolute Gasteiger partial charge is 0.327 e. The lowest BCUT2D eigenvalue weighted by molar-refractivity contribution is -0.118. The van der Waals surface area contributed by atoms with E-state index in [0.717, 1.165) is 41.7 Å². The van der Waals surface area contributed by atoms with Gasteiger partial charge in [0, 0.05) is 25.4 Å². The Morgan fingerprint density at radius 3 is 2.63 bits per heavy atom. The molecular formula is C14H24BrN3O. The van der Waals surface area contributed by atoms with Crippen molar-refractivity contribution < 1.29 is 4.79 Å². The van der Waals surface area contributed by atoms with Crippen molar-refractivity contribution in [3.05, 3.63) is 15.9 Å². The number of rotatable bonds is 8. The van der Waals surface area contributed by atoms with Crippen molar-refractivity contribution >= 4 is 21.7 Å². The van der Waals surface area contributed by atoms with E-state index in [1.807, 2.05) is 11.6 Å². The molecule has 1 aromatic heterocycles. The summed E-state index contributed by atoms with van der Waals surface area (Å²) in [5, 5.41) is 4.50. The average Bonchev–Trinajstić information content (AvgIpc) is 2.66. The summed E-state index contributed by atoms with van der Waals surface area (Å²) >= 11 is 3.56. The molecule has 0 aliphatic heterocycles. The van der Waals surface area contributed by atoms with Crippen LogP contribution in [0.5, 0.6) is 0 Å². The van der Waals surface area contributed by atoms with Crippen molar-refractivity contribution in [2.45, 2.75) is 65.5 Å². The van der Waals surface area contributed by atoms with Gasteiger partial charge in [0.2, 0.25) is 0 Å². The van der Waals surface area contributed by atoms with Gasteiger partial charge in [-0.15, -0.1) is 0 Å². The van der Waals surface area contributed by atoms with Gasteiger partial charge in [0.25, 0.3) is 0 Å². The molecule has 0 aliphatic rings. The molecule has 0 amide bonds. The zero-order valence-corrected chi connectivity index (χ0v) is 13.7. The second kappa shape index (κ2) is 7.80. The Hall–Kier alpha value is -0.680. The van der Waals surface area contributed by atoms with Crippen LogP contribution in [0, 0.1) is 0 Å². The Labute approximate surface area is 123 Å². The lowest BCUT2D eigenvalue weighted by atomic mass is 10.0. The minimum absolute atomic E-state index is 0.0140. The number of ketones is 1. The molecule has 1 atom stereocenters. The molecule has 1 unspecified atom stereocenters. The molecule has 0 fully saturated rings. The normalized spacial score (nSPS) is 12.7. The predicted molar refractivity (Wildman–Crippen MR) is 81.2 cm³/mol. The van der Waals surface area contributed by atoms with E-state index in [1.165, 1.54) is 0 Å². The topological polar surface area (TPSA) is 60.9 Å². The zero-order valence-electron chi connectivity index (χ0n) is 12.1. The van der Waals surface area contributed by atoms with E-state index in [9.17, 15) is 4.79 Å². The van der Waals surface area contributed by atoms with E-state index in [2.05, 4.69) is 34.9 Å². The van der Waals surface area contributed by atoms with Gasteiger partial charge in [0.15, 0.2) is 0 Å². The number of halogens is 1. The van der Waals surface area contributed by atoms with Gasteiger partial charge in [0.1, 0.15) is 5.78 Å². The van der Waals surface area contributed by atoms with E-state index < -0.39 is 0 Å². The van der Waals surface area contributed by atoms with Gasteiger partial charge in [-0.1, -0.05) is 20.3 Å². The van der Waals surface area contributed by atoms with Gasteiger partial charge in [-0.2, -0.15) is 5.10 Å². The fraction of sp³-hybridized carbons (Fsp3) is 0.714. The molecule has 0 saturated carbocycles. The number of nitrogens with two attached hydrogens (primary N) is 1. The van der Waals surface area contributed by atoms with Crippen LogP contribution in [0.15, 0.2) is 4.47 Å². The summed E-state index contributed by atoms with van der Waals surface area (Å²) in [5.74, 6) is 0.193. The Morgan fingerprint density at radius 2 is 2.11 bits per heavy atom. The number of carbonyl (C=O) groups excluding carboxylic acids is 1. The van der Waals surface area contributed by atoms with Gasteiger partial charge >= 0.3 is 0 Å². The molecule has 0 aromatic carbocycles. The molecule has 2 N–H and O–H groups in total. The molecule has 5 heteroatoms. The second-order valence-electron chi connectivity index (χ2n) is 4.85. The van der Waals surface area contributed by atoms with Crippen LogP contribution in [-0.4, -0.2) is 21.6 Å². The number of nitrogens with zero attached hydrogens (tertiary/aromatic N) is 2. The van der Waals surface area contributed by atoms with Crippen molar-refractivity contribution in [2.24, 2.45) is 5.73 Å². The lowest BCUT2D eigenvalue weighted by Gasteiger charge is -2.10. The van der Waals surface area contributed by atoms with E-state index >= 15 is 0 Å². The molecule has 0 radical (unpaired) electrons. The monoisotopic (exact) mass is 329 g/mol. The highest BCUT2D eigenvalue weighted by Gasteiger charge is 2.18. The van der Waals surface area contributed by atoms with Crippen LogP contribution in [0.25, 0.3) is 0 Å². The first kappa shape index (κ1) is 16.4. The first-order valence-electron chi connectivity index (χ1n) is 7.04. The standard InChI is InChI=1S/C14H24BrN3O/c1-4-7-10(16)8-11(19)9-13-14(15)12(5-2)17-18(13)6-3/h10H,4-9,16H2,1-3H3. The van der Waals surface area contributed by atoms with Crippen LogP contribution < -0.4 is 5.73 Å². The molecule has 0 spiro atoms. The summed E-state index contributed by atoms with van der Waals surface area (Å²) in [5.41, 5.74) is 7.92. The molecule has 0 bridgehead atoms. The summed E-state index contributed by atoms with van der Waals surface area (Å²) in [4.78, 5) is 12.1. The van der Waals surface area contributed by atoms with Crippen molar-refractivity contribution in [3.8, 4) is 0 Å². The van der Waals surface area contributed by atoms with Crippen LogP contribution in [-0.2, 0) is 24.2 Å². The summed E-state index contributed by atoms with van der Waals surface area (Å²) in [6, 6.07) is -0.0140. The zero-order chi connectivity index (χ0) is 14.4. The van der Waals surface area contributed by atoms with Crippen LogP contribution in [0.4, 0.5) is 0 Å². The maximum absolute atomic E-state index is 12.1. The quantitative estimate of drug-likeness (QED) is 0.797. The Balaban J connectivity index is 2.75. The Kier molecular flexibility index (Phi) is 6.72. The second-order valence-corrected chi connectivity index (χ2v) is 5.64. The first-order valence-corrected chi connectivity index (χ1v) is 7.83. The van der Waals surface area contributed by atoms with E-state index in [0.29, 0.717) is 12.8 Å². The highest BCUT2D eigenvalue weighted by molar-refractivity contribution is 9.10. The molecule has 0 saturated heterocycles. The maximum atomic E-state index is 12.1. The number of carbonyl (C=O) groups is 1. The van der Waals surface area contributed by atoms with Crippen LogP contribution in [0.2, 0.25) is 0 Å². The third-order valence-corrected chi connectivity index (χ3v) is 4.12. The van der Waals surface area contributed by atoms with E-state index in [-0.39, 0.29) is 11.8 Å². The SMILES string of the molecule is CCCC(N)CC(=O)Cc1c(Br)c(CC)nn1CC. The highest BCUT2D eigenvalue weighted by Crippen LogP contribution is 2.23. The molecule has 4 nitrogen and oxygen atoms in total. The minimum atomic E-state index is -0.0140. The summed E-state index contributed by atoms with van der Waals surface area (Å²) < 4.78 is 2.89. The van der Waals surface area contributed by atoms with E-state index in [1.54, 1.807) is 0 Å². The number of hydrogen-bond acceptors (Lipinski definition) is 3. The first-order chi connectivity index (χ1) is 9.03. The molecule has 1 aromatic rings. The summed E-state index contributed by atoms with van der Waals surface area (Å²) in [6.45, 7) is 6.97. The smallest absolute Gasteiger partial charge is 0.140 e. The van der Waals surface area contributed by atoms with Gasteiger partial charge in [-0.3, -0.25) is 9.48 Å². The van der Waals surface area contributed by atoms with Gasteiger partial charge < -0.3 is 5.73 Å². The molecule has 1 rings (SSSR count). The Bertz CT molecular complexity index is 429. The average molecular weight is 330 g/mol. The molecule has 0 aliphatic carbocycles. The maximum Gasteiger partial charge on any atom is 0.140 e. The van der Waals surface area contributed by atoms with Crippen molar-refractivity contribution in [1.29, 1.82) is 0 Å². The summed E-state index contributed by atoms with van der Waals surface area (Å²) in [6.07, 6.45) is 3.66. The van der Waals surface area contributed by atoms with E-state index in [4.69, 9.17) is 5.73 Å². The molecule has 19 heavy (non-hydrogen) atoms. The number of aryl methyl sites for hydroxylation is 2. The molecular weight excluding hydrogens is 306 g/mol.